The number of fused-ring (bicyclic) bond motifs is 1. The summed E-state index contributed by atoms with van der Waals surface area (Å²) in [4.78, 5) is 17.7. The first-order chi connectivity index (χ1) is 12.1. The van der Waals surface area contributed by atoms with E-state index in [1.165, 1.54) is 24.3 Å². The number of halogens is 2. The third-order valence-corrected chi connectivity index (χ3v) is 4.49. The van der Waals surface area contributed by atoms with Crippen LogP contribution < -0.4 is 0 Å². The maximum atomic E-state index is 13.2. The molecule has 0 N–H and O–H groups in total. The quantitative estimate of drug-likeness (QED) is 0.462. The third kappa shape index (κ3) is 2.87. The fourth-order valence-corrected chi connectivity index (χ4v) is 3.01. The summed E-state index contributed by atoms with van der Waals surface area (Å²) in [5.41, 5.74) is 2.68. The molecule has 3 aromatic carbocycles. The number of rotatable bonds is 2. The summed E-state index contributed by atoms with van der Waals surface area (Å²) in [6.07, 6.45) is 0. The Labute approximate surface area is 151 Å². The Morgan fingerprint density at radius 2 is 1.60 bits per heavy atom. The predicted molar refractivity (Wildman–Crippen MR) is 99.0 cm³/mol. The van der Waals surface area contributed by atoms with Gasteiger partial charge in [-0.3, -0.25) is 9.36 Å². The normalized spacial score (nSPS) is 11.0. The Hall–Kier alpha value is -2.79. The van der Waals surface area contributed by atoms with Crippen molar-refractivity contribution < 1.29 is 9.18 Å². The summed E-state index contributed by atoms with van der Waals surface area (Å²) in [6.45, 7) is 0. The summed E-state index contributed by atoms with van der Waals surface area (Å²) in [5.74, 6) is -0.0604. The molecule has 4 rings (SSSR count). The highest BCUT2D eigenvalue weighted by Crippen LogP contribution is 2.27. The van der Waals surface area contributed by atoms with Gasteiger partial charge in [-0.05, 0) is 48.5 Å². The molecule has 1 aromatic heterocycles. The molecular weight excluding hydrogens is 383 g/mol. The molecule has 3 nitrogen and oxygen atoms in total. The van der Waals surface area contributed by atoms with E-state index in [2.05, 4.69) is 20.9 Å². The fourth-order valence-electron chi connectivity index (χ4n) is 2.75. The van der Waals surface area contributed by atoms with Crippen LogP contribution in [0.15, 0.2) is 77.3 Å². The summed E-state index contributed by atoms with van der Waals surface area (Å²) >= 11 is 3.41. The van der Waals surface area contributed by atoms with Gasteiger partial charge in [0.05, 0.1) is 11.0 Å². The molecule has 25 heavy (non-hydrogen) atoms. The molecule has 0 aliphatic carbocycles. The first kappa shape index (κ1) is 15.7. The maximum absolute atomic E-state index is 13.2. The molecule has 4 aromatic rings. The van der Waals surface area contributed by atoms with E-state index in [0.717, 1.165) is 21.1 Å². The van der Waals surface area contributed by atoms with E-state index in [4.69, 9.17) is 0 Å². The zero-order valence-corrected chi connectivity index (χ0v) is 14.6. The van der Waals surface area contributed by atoms with Crippen LogP contribution in [0, 0.1) is 5.82 Å². The van der Waals surface area contributed by atoms with Gasteiger partial charge < -0.3 is 0 Å². The molecule has 1 heterocycles. The van der Waals surface area contributed by atoms with Gasteiger partial charge in [0.1, 0.15) is 11.6 Å². The van der Waals surface area contributed by atoms with Crippen LogP contribution in [0.1, 0.15) is 10.4 Å². The minimum atomic E-state index is -0.375. The Morgan fingerprint density at radius 3 is 2.32 bits per heavy atom. The minimum absolute atomic E-state index is 0.244. The smallest absolute Gasteiger partial charge is 0.264 e. The topological polar surface area (TPSA) is 34.9 Å². The number of benzene rings is 3. The van der Waals surface area contributed by atoms with Crippen molar-refractivity contribution in [2.75, 3.05) is 0 Å². The SMILES string of the molecule is O=C(c1ccc(F)cc1)n1c(-c2ccc(Br)cc2)nc2ccccc21. The molecule has 0 fully saturated rings. The molecule has 0 saturated heterocycles. The number of carbonyl (C=O) groups is 1. The van der Waals surface area contributed by atoms with Crippen LogP contribution in [-0.2, 0) is 0 Å². The molecule has 0 saturated carbocycles. The number of imidazole rings is 1. The van der Waals surface area contributed by atoms with Crippen LogP contribution in [0.2, 0.25) is 0 Å². The van der Waals surface area contributed by atoms with Crippen molar-refractivity contribution in [1.29, 1.82) is 0 Å². The van der Waals surface area contributed by atoms with Gasteiger partial charge >= 0.3 is 0 Å². The largest absolute Gasteiger partial charge is 0.268 e. The highest BCUT2D eigenvalue weighted by atomic mass is 79.9. The Morgan fingerprint density at radius 1 is 0.920 bits per heavy atom. The summed E-state index contributed by atoms with van der Waals surface area (Å²) in [7, 11) is 0. The lowest BCUT2D eigenvalue weighted by molar-refractivity contribution is 0.0966. The van der Waals surface area contributed by atoms with Crippen LogP contribution in [-0.4, -0.2) is 15.5 Å². The lowest BCUT2D eigenvalue weighted by Crippen LogP contribution is -2.13. The number of aromatic nitrogens is 2. The van der Waals surface area contributed by atoms with Crippen molar-refractivity contribution in [3.63, 3.8) is 0 Å². The standard InChI is InChI=1S/C20H12BrFN2O/c21-15-9-5-13(6-10-15)19-23-17-3-1-2-4-18(17)24(19)20(25)14-7-11-16(22)12-8-14/h1-12H. The van der Waals surface area contributed by atoms with Crippen molar-refractivity contribution in [1.82, 2.24) is 9.55 Å². The van der Waals surface area contributed by atoms with Gasteiger partial charge in [0.25, 0.3) is 5.91 Å². The Bertz CT molecular complexity index is 1070. The Kier molecular flexibility index (Phi) is 3.93. The maximum Gasteiger partial charge on any atom is 0.264 e. The van der Waals surface area contributed by atoms with Gasteiger partial charge in [-0.15, -0.1) is 0 Å². The average Bonchev–Trinajstić information content (AvgIpc) is 3.02. The second kappa shape index (κ2) is 6.26. The van der Waals surface area contributed by atoms with Gasteiger partial charge in [-0.1, -0.05) is 40.2 Å². The van der Waals surface area contributed by atoms with Gasteiger partial charge in [0.2, 0.25) is 0 Å². The second-order valence-corrected chi connectivity index (χ2v) is 6.49. The molecule has 0 spiro atoms. The molecule has 0 aliphatic heterocycles. The molecule has 0 radical (unpaired) electrons. The molecule has 5 heteroatoms. The molecule has 122 valence electrons. The fraction of sp³-hybridized carbons (Fsp3) is 0. The zero-order chi connectivity index (χ0) is 17.4. The number of nitrogens with zero attached hydrogens (tertiary/aromatic N) is 2. The molecule has 0 bridgehead atoms. The molecular formula is C20H12BrFN2O. The van der Waals surface area contributed by atoms with Crippen LogP contribution in [0.4, 0.5) is 4.39 Å². The number of hydrogen-bond acceptors (Lipinski definition) is 2. The van der Waals surface area contributed by atoms with Crippen LogP contribution >= 0.6 is 15.9 Å². The van der Waals surface area contributed by atoms with Crippen LogP contribution in [0.3, 0.4) is 0 Å². The van der Waals surface area contributed by atoms with Crippen LogP contribution in [0.25, 0.3) is 22.4 Å². The average molecular weight is 395 g/mol. The third-order valence-electron chi connectivity index (χ3n) is 3.96. The lowest BCUT2D eigenvalue weighted by Gasteiger charge is -2.08. The summed E-state index contributed by atoms with van der Waals surface area (Å²) < 4.78 is 15.7. The highest BCUT2D eigenvalue weighted by molar-refractivity contribution is 9.10. The molecule has 0 atom stereocenters. The highest BCUT2D eigenvalue weighted by Gasteiger charge is 2.19. The first-order valence-corrected chi connectivity index (χ1v) is 8.46. The molecule has 0 aliphatic rings. The van der Waals surface area contributed by atoms with E-state index in [-0.39, 0.29) is 11.7 Å². The number of carbonyl (C=O) groups excluding carboxylic acids is 1. The van der Waals surface area contributed by atoms with Gasteiger partial charge in [0.15, 0.2) is 0 Å². The van der Waals surface area contributed by atoms with Crippen molar-refractivity contribution >= 4 is 32.9 Å². The van der Waals surface area contributed by atoms with E-state index in [1.54, 1.807) is 4.57 Å². The Balaban J connectivity index is 1.94. The number of para-hydroxylation sites is 2. The van der Waals surface area contributed by atoms with Crippen molar-refractivity contribution in [2.45, 2.75) is 0 Å². The molecule has 0 unspecified atom stereocenters. The van der Waals surface area contributed by atoms with Crippen LogP contribution in [0.5, 0.6) is 0 Å². The van der Waals surface area contributed by atoms with Crippen molar-refractivity contribution in [3.05, 3.63) is 88.6 Å². The van der Waals surface area contributed by atoms with Gasteiger partial charge in [-0.2, -0.15) is 0 Å². The summed E-state index contributed by atoms with van der Waals surface area (Å²) in [6, 6.07) is 20.6. The van der Waals surface area contributed by atoms with E-state index in [9.17, 15) is 9.18 Å². The van der Waals surface area contributed by atoms with E-state index in [0.29, 0.717) is 11.4 Å². The van der Waals surface area contributed by atoms with Gasteiger partial charge in [0, 0.05) is 15.6 Å². The molecule has 0 amide bonds. The summed E-state index contributed by atoms with van der Waals surface area (Å²) in [5, 5.41) is 0. The first-order valence-electron chi connectivity index (χ1n) is 7.67. The monoisotopic (exact) mass is 394 g/mol. The predicted octanol–water partition coefficient (Wildman–Crippen LogP) is 5.29. The van der Waals surface area contributed by atoms with Crippen molar-refractivity contribution in [3.8, 4) is 11.4 Å². The van der Waals surface area contributed by atoms with E-state index in [1.807, 2.05) is 48.5 Å². The van der Waals surface area contributed by atoms with E-state index < -0.39 is 0 Å². The lowest BCUT2D eigenvalue weighted by atomic mass is 10.1. The zero-order valence-electron chi connectivity index (χ0n) is 13.0. The minimum Gasteiger partial charge on any atom is -0.268 e. The van der Waals surface area contributed by atoms with E-state index >= 15 is 0 Å². The second-order valence-electron chi connectivity index (χ2n) is 5.58. The number of hydrogen-bond donors (Lipinski definition) is 0. The van der Waals surface area contributed by atoms with Gasteiger partial charge in [-0.25, -0.2) is 9.37 Å². The van der Waals surface area contributed by atoms with Crippen molar-refractivity contribution in [2.24, 2.45) is 0 Å².